The summed E-state index contributed by atoms with van der Waals surface area (Å²) in [5.74, 6) is 2.10. The van der Waals surface area contributed by atoms with Gasteiger partial charge in [-0.1, -0.05) is 30.3 Å². The van der Waals surface area contributed by atoms with Gasteiger partial charge in [0.05, 0.1) is 13.2 Å². The Morgan fingerprint density at radius 2 is 1.80 bits per heavy atom. The van der Waals surface area contributed by atoms with Gasteiger partial charge in [0.1, 0.15) is 11.5 Å². The molecule has 0 aliphatic heterocycles. The van der Waals surface area contributed by atoms with Gasteiger partial charge >= 0.3 is 0 Å². The van der Waals surface area contributed by atoms with Crippen LogP contribution in [0.1, 0.15) is 11.1 Å². The van der Waals surface area contributed by atoms with Gasteiger partial charge in [0, 0.05) is 5.88 Å². The molecule has 0 heterocycles. The van der Waals surface area contributed by atoms with E-state index in [4.69, 9.17) is 21.1 Å². The maximum atomic E-state index is 5.81. The molecule has 0 unspecified atom stereocenters. The van der Waals surface area contributed by atoms with Crippen molar-refractivity contribution in [2.45, 2.75) is 12.5 Å². The summed E-state index contributed by atoms with van der Waals surface area (Å²) in [4.78, 5) is 0. The molecule has 0 spiro atoms. The normalized spacial score (nSPS) is 10.2. The molecule has 2 rings (SSSR count). The van der Waals surface area contributed by atoms with Crippen molar-refractivity contribution in [3.05, 3.63) is 72.3 Å². The van der Waals surface area contributed by atoms with E-state index in [1.165, 1.54) is 0 Å². The van der Waals surface area contributed by atoms with E-state index in [0.29, 0.717) is 19.1 Å². The van der Waals surface area contributed by atoms with Gasteiger partial charge < -0.3 is 9.47 Å². The number of hydrogen-bond acceptors (Lipinski definition) is 2. The zero-order chi connectivity index (χ0) is 14.2. The highest BCUT2D eigenvalue weighted by Gasteiger charge is 2.00. The summed E-state index contributed by atoms with van der Waals surface area (Å²) in [5, 5.41) is 0. The van der Waals surface area contributed by atoms with Crippen LogP contribution in [0.4, 0.5) is 0 Å². The lowest BCUT2D eigenvalue weighted by atomic mass is 10.2. The van der Waals surface area contributed by atoms with Crippen LogP contribution in [0.2, 0.25) is 0 Å². The van der Waals surface area contributed by atoms with Crippen LogP contribution in [0.15, 0.2) is 61.2 Å². The first-order valence-corrected chi connectivity index (χ1v) is 6.95. The Kier molecular flexibility index (Phi) is 5.66. The van der Waals surface area contributed by atoms with Gasteiger partial charge in [0.25, 0.3) is 0 Å². The predicted molar refractivity (Wildman–Crippen MR) is 82.4 cm³/mol. The van der Waals surface area contributed by atoms with E-state index in [0.717, 1.165) is 22.6 Å². The lowest BCUT2D eigenvalue weighted by molar-refractivity contribution is 0.148. The first-order chi connectivity index (χ1) is 9.81. The van der Waals surface area contributed by atoms with Crippen LogP contribution in [0.25, 0.3) is 0 Å². The van der Waals surface area contributed by atoms with Crippen LogP contribution in [0.5, 0.6) is 11.5 Å². The maximum Gasteiger partial charge on any atom is 0.127 e. The average molecular weight is 289 g/mol. The molecule has 2 aromatic rings. The lowest BCUT2D eigenvalue weighted by Crippen LogP contribution is -1.93. The fraction of sp³-hybridized carbons (Fsp3) is 0.176. The summed E-state index contributed by atoms with van der Waals surface area (Å²) < 4.78 is 11.2. The van der Waals surface area contributed by atoms with Crippen molar-refractivity contribution in [2.24, 2.45) is 0 Å². The Balaban J connectivity index is 2.00. The second kappa shape index (κ2) is 7.73. The van der Waals surface area contributed by atoms with Crippen LogP contribution in [-0.2, 0) is 17.2 Å². The molecule has 0 N–H and O–H groups in total. The van der Waals surface area contributed by atoms with Crippen molar-refractivity contribution >= 4 is 11.6 Å². The second-order valence-corrected chi connectivity index (χ2v) is 4.60. The first kappa shape index (κ1) is 14.6. The van der Waals surface area contributed by atoms with Crippen molar-refractivity contribution in [3.8, 4) is 11.5 Å². The van der Waals surface area contributed by atoms with Gasteiger partial charge in [-0.3, -0.25) is 0 Å². The van der Waals surface area contributed by atoms with Crippen LogP contribution in [0, 0.1) is 0 Å². The minimum absolute atomic E-state index is 0.510. The highest BCUT2D eigenvalue weighted by molar-refractivity contribution is 6.17. The molecule has 0 aliphatic rings. The molecule has 2 nitrogen and oxygen atoms in total. The van der Waals surface area contributed by atoms with E-state index in [-0.39, 0.29) is 0 Å². The molecular formula is C17H17ClO2. The summed E-state index contributed by atoms with van der Waals surface area (Å²) in [6.45, 7) is 4.72. The highest BCUT2D eigenvalue weighted by atomic mass is 35.5. The van der Waals surface area contributed by atoms with Gasteiger partial charge in [-0.25, -0.2) is 0 Å². The molecule has 0 bridgehead atoms. The van der Waals surface area contributed by atoms with Crippen molar-refractivity contribution in [2.75, 3.05) is 6.61 Å². The van der Waals surface area contributed by atoms with Gasteiger partial charge in [-0.2, -0.15) is 0 Å². The van der Waals surface area contributed by atoms with Crippen LogP contribution in [0.3, 0.4) is 0 Å². The van der Waals surface area contributed by atoms with Crippen molar-refractivity contribution in [3.63, 3.8) is 0 Å². The Labute approximate surface area is 124 Å². The van der Waals surface area contributed by atoms with Gasteiger partial charge in [0.15, 0.2) is 0 Å². The molecular weight excluding hydrogens is 272 g/mol. The van der Waals surface area contributed by atoms with Crippen molar-refractivity contribution in [1.82, 2.24) is 0 Å². The van der Waals surface area contributed by atoms with E-state index in [1.54, 1.807) is 6.08 Å². The molecule has 104 valence electrons. The zero-order valence-corrected chi connectivity index (χ0v) is 12.0. The second-order valence-electron chi connectivity index (χ2n) is 4.33. The number of benzene rings is 2. The molecule has 0 amide bonds. The minimum Gasteiger partial charge on any atom is -0.457 e. The van der Waals surface area contributed by atoms with E-state index in [1.807, 2.05) is 48.5 Å². The quantitative estimate of drug-likeness (QED) is 0.409. The lowest BCUT2D eigenvalue weighted by Gasteiger charge is -2.08. The molecule has 0 atom stereocenters. The molecule has 20 heavy (non-hydrogen) atoms. The third-order valence-electron chi connectivity index (χ3n) is 2.72. The molecule has 2 aromatic carbocycles. The Bertz CT molecular complexity index is 549. The summed E-state index contributed by atoms with van der Waals surface area (Å²) in [7, 11) is 0. The van der Waals surface area contributed by atoms with E-state index in [9.17, 15) is 0 Å². The third kappa shape index (κ3) is 4.41. The number of hydrogen-bond donors (Lipinski definition) is 0. The van der Waals surface area contributed by atoms with Crippen molar-refractivity contribution in [1.29, 1.82) is 0 Å². The fourth-order valence-corrected chi connectivity index (χ4v) is 1.92. The molecule has 3 heteroatoms. The molecule has 0 radical (unpaired) electrons. The SMILES string of the molecule is C=CCOCc1cccc(Oc2ccc(CCl)cc2)c1. The molecule has 0 fully saturated rings. The van der Waals surface area contributed by atoms with Crippen molar-refractivity contribution < 1.29 is 9.47 Å². The van der Waals surface area contributed by atoms with Crippen LogP contribution >= 0.6 is 11.6 Å². The Hall–Kier alpha value is -1.77. The van der Waals surface area contributed by atoms with Gasteiger partial charge in [0.2, 0.25) is 0 Å². The topological polar surface area (TPSA) is 18.5 Å². The molecule has 0 aromatic heterocycles. The number of alkyl halides is 1. The monoisotopic (exact) mass is 288 g/mol. The maximum absolute atomic E-state index is 5.81. The van der Waals surface area contributed by atoms with Crippen LogP contribution < -0.4 is 4.74 Å². The average Bonchev–Trinajstić information content (AvgIpc) is 2.49. The number of rotatable bonds is 7. The fourth-order valence-electron chi connectivity index (χ4n) is 1.74. The standard InChI is InChI=1S/C17H17ClO2/c1-2-10-19-13-15-4-3-5-17(11-15)20-16-8-6-14(12-18)7-9-16/h2-9,11H,1,10,12-13H2. The minimum atomic E-state index is 0.510. The predicted octanol–water partition coefficient (Wildman–Crippen LogP) is 4.92. The first-order valence-electron chi connectivity index (χ1n) is 6.42. The smallest absolute Gasteiger partial charge is 0.127 e. The largest absolute Gasteiger partial charge is 0.457 e. The summed E-state index contributed by atoms with van der Waals surface area (Å²) in [5.41, 5.74) is 2.15. The Morgan fingerprint density at radius 3 is 2.50 bits per heavy atom. The molecule has 0 saturated heterocycles. The van der Waals surface area contributed by atoms with E-state index < -0.39 is 0 Å². The molecule has 0 saturated carbocycles. The number of ether oxygens (including phenoxy) is 2. The van der Waals surface area contributed by atoms with E-state index >= 15 is 0 Å². The van der Waals surface area contributed by atoms with Crippen LogP contribution in [-0.4, -0.2) is 6.61 Å². The summed E-state index contributed by atoms with van der Waals surface area (Å²) in [6, 6.07) is 15.6. The Morgan fingerprint density at radius 1 is 1.00 bits per heavy atom. The zero-order valence-electron chi connectivity index (χ0n) is 11.2. The summed E-state index contributed by atoms with van der Waals surface area (Å²) in [6.07, 6.45) is 1.73. The number of halogens is 1. The van der Waals surface area contributed by atoms with Gasteiger partial charge in [-0.15, -0.1) is 18.2 Å². The third-order valence-corrected chi connectivity index (χ3v) is 3.02. The summed E-state index contributed by atoms with van der Waals surface area (Å²) >= 11 is 5.76. The van der Waals surface area contributed by atoms with Gasteiger partial charge in [-0.05, 0) is 35.4 Å². The van der Waals surface area contributed by atoms with E-state index in [2.05, 4.69) is 6.58 Å². The molecule has 0 aliphatic carbocycles. The highest BCUT2D eigenvalue weighted by Crippen LogP contribution is 2.23.